The van der Waals surface area contributed by atoms with Gasteiger partial charge in [-0.2, -0.15) is 22.0 Å². The number of hydrogen-bond acceptors (Lipinski definition) is 2. The highest BCUT2D eigenvalue weighted by atomic mass is 35.5. The van der Waals surface area contributed by atoms with Gasteiger partial charge in [0.2, 0.25) is 0 Å². The molecule has 2 nitrogen and oxygen atoms in total. The van der Waals surface area contributed by atoms with Crippen molar-refractivity contribution in [3.63, 3.8) is 0 Å². The van der Waals surface area contributed by atoms with Crippen LogP contribution in [-0.2, 0) is 11.2 Å². The molecule has 0 fully saturated rings. The van der Waals surface area contributed by atoms with E-state index in [1.807, 2.05) is 0 Å². The minimum absolute atomic E-state index is 0.0412. The lowest BCUT2D eigenvalue weighted by Crippen LogP contribution is -2.43. The Bertz CT molecular complexity index is 485. The maximum Gasteiger partial charge on any atom is 0.428 e. The number of halogens is 8. The van der Waals surface area contributed by atoms with Crippen LogP contribution in [0.15, 0.2) is 12.1 Å². The van der Waals surface area contributed by atoms with E-state index in [1.54, 1.807) is 0 Å². The predicted molar refractivity (Wildman–Crippen MR) is 66.4 cm³/mol. The number of hydrogen-bond donors (Lipinski definition) is 1. The highest BCUT2D eigenvalue weighted by Crippen LogP contribution is 2.36. The first-order valence-electron chi connectivity index (χ1n) is 5.41. The predicted octanol–water partition coefficient (Wildman–Crippen LogP) is 4.63. The molecule has 10 heteroatoms. The zero-order valence-electron chi connectivity index (χ0n) is 10.2. The van der Waals surface area contributed by atoms with Crippen molar-refractivity contribution >= 4 is 28.9 Å². The summed E-state index contributed by atoms with van der Waals surface area (Å²) in [6, 6.07) is 2.57. The van der Waals surface area contributed by atoms with Crippen LogP contribution in [0, 0.1) is 0 Å². The van der Waals surface area contributed by atoms with Crippen LogP contribution in [0.4, 0.5) is 32.0 Å². The Kier molecular flexibility index (Phi) is 5.63. The first-order valence-corrected chi connectivity index (χ1v) is 6.16. The molecule has 0 aromatic heterocycles. The number of nitrogen functional groups attached to an aromatic ring is 1. The lowest BCUT2D eigenvalue weighted by Gasteiger charge is -2.22. The van der Waals surface area contributed by atoms with E-state index in [2.05, 4.69) is 4.74 Å². The Hall–Kier alpha value is -0.860. The van der Waals surface area contributed by atoms with Crippen LogP contribution in [-0.4, -0.2) is 25.1 Å². The number of nitrogens with two attached hydrogens (primary N) is 1. The maximum atomic E-state index is 12.9. The summed E-state index contributed by atoms with van der Waals surface area (Å²) in [5, 5.41) is 0.0825. The first-order chi connectivity index (χ1) is 9.45. The fourth-order valence-electron chi connectivity index (χ4n) is 1.41. The molecule has 0 radical (unpaired) electrons. The Morgan fingerprint density at radius 1 is 1.10 bits per heavy atom. The van der Waals surface area contributed by atoms with Gasteiger partial charge in [0, 0.05) is 15.7 Å². The zero-order chi connectivity index (χ0) is 16.4. The van der Waals surface area contributed by atoms with Crippen molar-refractivity contribution in [2.45, 2.75) is 24.9 Å². The van der Waals surface area contributed by atoms with Crippen LogP contribution >= 0.6 is 23.2 Å². The van der Waals surface area contributed by atoms with Crippen LogP contribution in [0.25, 0.3) is 0 Å². The van der Waals surface area contributed by atoms with Gasteiger partial charge in [-0.05, 0) is 24.1 Å². The molecule has 0 saturated carbocycles. The second kappa shape index (κ2) is 6.50. The molecule has 1 aromatic carbocycles. The monoisotopic (exact) mass is 355 g/mol. The topological polar surface area (TPSA) is 35.2 Å². The van der Waals surface area contributed by atoms with E-state index in [1.165, 1.54) is 12.1 Å². The second-order valence-corrected chi connectivity index (χ2v) is 4.84. The summed E-state index contributed by atoms with van der Waals surface area (Å²) in [5.41, 5.74) is 5.80. The van der Waals surface area contributed by atoms with Crippen molar-refractivity contribution in [1.82, 2.24) is 0 Å². The standard InChI is InChI=1S/C11H9Cl2F6NO/c12-7-3-5(20)4-8(13)6(7)1-2-21-11(18,19)9(14)10(15,16)17/h3-4,9H,1-2,20H2. The van der Waals surface area contributed by atoms with Gasteiger partial charge in [-0.1, -0.05) is 23.2 Å². The summed E-state index contributed by atoms with van der Waals surface area (Å²) in [4.78, 5) is 0. The van der Waals surface area contributed by atoms with Gasteiger partial charge in [-0.3, -0.25) is 0 Å². The molecule has 1 aromatic rings. The van der Waals surface area contributed by atoms with Crippen LogP contribution in [0.3, 0.4) is 0 Å². The number of alkyl halides is 6. The van der Waals surface area contributed by atoms with Crippen LogP contribution in [0.5, 0.6) is 0 Å². The van der Waals surface area contributed by atoms with Crippen molar-refractivity contribution in [1.29, 1.82) is 0 Å². The van der Waals surface area contributed by atoms with E-state index in [4.69, 9.17) is 28.9 Å². The molecular formula is C11H9Cl2F6NO. The number of benzene rings is 1. The quantitative estimate of drug-likeness (QED) is 0.617. The van der Waals surface area contributed by atoms with Gasteiger partial charge in [0.05, 0.1) is 6.61 Å². The largest absolute Gasteiger partial charge is 0.428 e. The third-order valence-corrected chi connectivity index (χ3v) is 3.07. The third kappa shape index (κ3) is 4.82. The summed E-state index contributed by atoms with van der Waals surface area (Å²) in [5.74, 6) is 0. The molecule has 0 bridgehead atoms. The van der Waals surface area contributed by atoms with Crippen molar-refractivity contribution in [2.75, 3.05) is 12.3 Å². The number of anilines is 1. The van der Waals surface area contributed by atoms with Crippen LogP contribution in [0.1, 0.15) is 5.56 Å². The second-order valence-electron chi connectivity index (χ2n) is 4.03. The van der Waals surface area contributed by atoms with E-state index in [-0.39, 0.29) is 27.7 Å². The van der Waals surface area contributed by atoms with Crippen LogP contribution in [0.2, 0.25) is 10.0 Å². The molecule has 0 spiro atoms. The van der Waals surface area contributed by atoms with Crippen LogP contribution < -0.4 is 5.73 Å². The van der Waals surface area contributed by atoms with E-state index in [0.29, 0.717) is 0 Å². The molecule has 0 heterocycles. The summed E-state index contributed by atoms with van der Waals surface area (Å²) in [6.45, 7) is -0.910. The minimum Gasteiger partial charge on any atom is -0.399 e. The molecule has 1 unspecified atom stereocenters. The molecule has 120 valence electrons. The molecule has 1 atom stereocenters. The van der Waals surface area contributed by atoms with Crippen molar-refractivity contribution < 1.29 is 31.1 Å². The molecule has 0 saturated heterocycles. The average Bonchev–Trinajstić information content (AvgIpc) is 2.30. The highest BCUT2D eigenvalue weighted by Gasteiger charge is 2.58. The smallest absolute Gasteiger partial charge is 0.399 e. The van der Waals surface area contributed by atoms with Gasteiger partial charge < -0.3 is 10.5 Å². The fourth-order valence-corrected chi connectivity index (χ4v) is 2.11. The first kappa shape index (κ1) is 18.2. The molecule has 0 aliphatic carbocycles. The van der Waals surface area contributed by atoms with Gasteiger partial charge >= 0.3 is 12.3 Å². The summed E-state index contributed by atoms with van der Waals surface area (Å²) in [6.07, 6.45) is -15.5. The normalized spacial score (nSPS) is 14.3. The molecule has 0 aliphatic heterocycles. The fraction of sp³-hybridized carbons (Fsp3) is 0.455. The van der Waals surface area contributed by atoms with Gasteiger partial charge in [-0.15, -0.1) is 0 Å². The summed E-state index contributed by atoms with van der Waals surface area (Å²) in [7, 11) is 0. The molecule has 1 rings (SSSR count). The number of ether oxygens (including phenoxy) is 1. The minimum atomic E-state index is -5.72. The zero-order valence-corrected chi connectivity index (χ0v) is 11.7. The van der Waals surface area contributed by atoms with Gasteiger partial charge in [0.1, 0.15) is 0 Å². The summed E-state index contributed by atoms with van der Waals surface area (Å²) >= 11 is 11.5. The Labute approximate surface area is 125 Å². The maximum absolute atomic E-state index is 12.9. The molecule has 21 heavy (non-hydrogen) atoms. The number of rotatable bonds is 5. The average molecular weight is 356 g/mol. The molecular weight excluding hydrogens is 347 g/mol. The van der Waals surface area contributed by atoms with E-state index >= 15 is 0 Å². The van der Waals surface area contributed by atoms with Crippen molar-refractivity contribution in [3.05, 3.63) is 27.7 Å². The highest BCUT2D eigenvalue weighted by molar-refractivity contribution is 6.36. The van der Waals surface area contributed by atoms with Crippen molar-refractivity contribution in [2.24, 2.45) is 0 Å². The lowest BCUT2D eigenvalue weighted by atomic mass is 10.1. The Morgan fingerprint density at radius 3 is 2.00 bits per heavy atom. The Balaban J connectivity index is 2.70. The Morgan fingerprint density at radius 2 is 1.57 bits per heavy atom. The van der Waals surface area contributed by atoms with Gasteiger partial charge in [0.15, 0.2) is 0 Å². The van der Waals surface area contributed by atoms with Crippen molar-refractivity contribution in [3.8, 4) is 0 Å². The summed E-state index contributed by atoms with van der Waals surface area (Å²) < 4.78 is 77.6. The van der Waals surface area contributed by atoms with E-state index in [0.717, 1.165) is 0 Å². The molecule has 0 amide bonds. The molecule has 0 aliphatic rings. The molecule has 2 N–H and O–H groups in total. The third-order valence-electron chi connectivity index (χ3n) is 2.39. The van der Waals surface area contributed by atoms with E-state index < -0.39 is 25.1 Å². The van der Waals surface area contributed by atoms with E-state index in [9.17, 15) is 26.3 Å². The SMILES string of the molecule is Nc1cc(Cl)c(CCOC(F)(F)C(F)C(F)(F)F)c(Cl)c1. The lowest BCUT2D eigenvalue weighted by molar-refractivity contribution is -0.335. The van der Waals surface area contributed by atoms with Gasteiger partial charge in [0.25, 0.3) is 6.17 Å². The van der Waals surface area contributed by atoms with Gasteiger partial charge in [-0.25, -0.2) is 4.39 Å².